The molecule has 0 aromatic heterocycles. The SMILES string of the molecule is O=C(Nc1ccccc1)c1cc2ccccc2c(N=Nc2ccccc2)c1OCOP(=O)(O)O. The number of para-hydroxylation sites is 1. The smallest absolute Gasteiger partial charge is 0.464 e. The highest BCUT2D eigenvalue weighted by Crippen LogP contribution is 2.42. The van der Waals surface area contributed by atoms with E-state index >= 15 is 0 Å². The summed E-state index contributed by atoms with van der Waals surface area (Å²) in [6.07, 6.45) is 0. The Morgan fingerprint density at radius 3 is 2.24 bits per heavy atom. The van der Waals surface area contributed by atoms with Crippen molar-refractivity contribution in [2.24, 2.45) is 10.2 Å². The van der Waals surface area contributed by atoms with Crippen LogP contribution in [0, 0.1) is 0 Å². The average molecular weight is 477 g/mol. The van der Waals surface area contributed by atoms with Crippen LogP contribution < -0.4 is 10.1 Å². The molecule has 10 heteroatoms. The molecule has 0 heterocycles. The van der Waals surface area contributed by atoms with Gasteiger partial charge in [0.1, 0.15) is 5.69 Å². The summed E-state index contributed by atoms with van der Waals surface area (Å²) in [7, 11) is -4.80. The van der Waals surface area contributed by atoms with Crippen LogP contribution in [0.4, 0.5) is 17.1 Å². The fourth-order valence-electron chi connectivity index (χ4n) is 3.20. The van der Waals surface area contributed by atoms with Gasteiger partial charge in [0.15, 0.2) is 5.75 Å². The van der Waals surface area contributed by atoms with E-state index < -0.39 is 20.5 Å². The number of hydrogen-bond acceptors (Lipinski definition) is 6. The number of rotatable bonds is 8. The second kappa shape index (κ2) is 10.4. The summed E-state index contributed by atoms with van der Waals surface area (Å²) in [4.78, 5) is 31.3. The number of benzene rings is 4. The molecule has 0 bridgehead atoms. The standard InChI is InChI=1S/C24H20N3O6P/c28-24(25-18-10-3-1-4-11-18)21-15-17-9-7-8-14-20(17)22(23(21)32-16-33-34(29,30)31)27-26-19-12-5-2-6-13-19/h1-15H,16H2,(H,25,28)(H2,29,30,31). The lowest BCUT2D eigenvalue weighted by Gasteiger charge is -2.16. The Morgan fingerprint density at radius 2 is 1.53 bits per heavy atom. The summed E-state index contributed by atoms with van der Waals surface area (Å²) in [5.41, 5.74) is 1.45. The van der Waals surface area contributed by atoms with Gasteiger partial charge in [0.05, 0.1) is 11.3 Å². The molecule has 172 valence electrons. The highest BCUT2D eigenvalue weighted by atomic mass is 31.2. The molecule has 0 saturated heterocycles. The van der Waals surface area contributed by atoms with E-state index in [4.69, 9.17) is 14.5 Å². The fourth-order valence-corrected chi connectivity index (χ4v) is 3.39. The van der Waals surface area contributed by atoms with E-state index in [-0.39, 0.29) is 17.0 Å². The van der Waals surface area contributed by atoms with E-state index in [1.807, 2.05) is 36.4 Å². The Hall–Kier alpha value is -3.88. The van der Waals surface area contributed by atoms with Crippen molar-refractivity contribution in [2.45, 2.75) is 0 Å². The normalized spacial score (nSPS) is 11.6. The quantitative estimate of drug-likeness (QED) is 0.163. The number of nitrogens with one attached hydrogen (secondary N) is 1. The van der Waals surface area contributed by atoms with Crippen LogP contribution in [0.2, 0.25) is 0 Å². The number of carbonyl (C=O) groups excluding carboxylic acids is 1. The number of nitrogens with zero attached hydrogens (tertiary/aromatic N) is 2. The third-order valence-corrected chi connectivity index (χ3v) is 5.14. The average Bonchev–Trinajstić information content (AvgIpc) is 2.83. The van der Waals surface area contributed by atoms with Crippen molar-refractivity contribution in [2.75, 3.05) is 12.1 Å². The van der Waals surface area contributed by atoms with E-state index in [2.05, 4.69) is 20.1 Å². The minimum absolute atomic E-state index is 0.0275. The first-order valence-electron chi connectivity index (χ1n) is 10.1. The molecule has 0 unspecified atom stereocenters. The fraction of sp³-hybridized carbons (Fsp3) is 0.0417. The zero-order valence-corrected chi connectivity index (χ0v) is 18.6. The van der Waals surface area contributed by atoms with Gasteiger partial charge in [-0.3, -0.25) is 4.79 Å². The van der Waals surface area contributed by atoms with Gasteiger partial charge in [-0.2, -0.15) is 5.11 Å². The monoisotopic (exact) mass is 477 g/mol. The van der Waals surface area contributed by atoms with Gasteiger partial charge in [-0.1, -0.05) is 60.7 Å². The lowest BCUT2D eigenvalue weighted by atomic mass is 10.0. The van der Waals surface area contributed by atoms with Gasteiger partial charge >= 0.3 is 7.82 Å². The first-order chi connectivity index (χ1) is 16.4. The van der Waals surface area contributed by atoms with Crippen molar-refractivity contribution in [3.8, 4) is 5.75 Å². The van der Waals surface area contributed by atoms with Crippen molar-refractivity contribution >= 4 is 41.6 Å². The van der Waals surface area contributed by atoms with Crippen LogP contribution in [0.5, 0.6) is 5.75 Å². The molecule has 3 N–H and O–H groups in total. The number of ether oxygens (including phenoxy) is 1. The van der Waals surface area contributed by atoms with E-state index in [1.165, 1.54) is 0 Å². The van der Waals surface area contributed by atoms with Crippen LogP contribution in [-0.2, 0) is 9.09 Å². The van der Waals surface area contributed by atoms with Gasteiger partial charge in [0, 0.05) is 11.1 Å². The minimum atomic E-state index is -4.80. The Labute approximate surface area is 194 Å². The number of azo groups is 1. The lowest BCUT2D eigenvalue weighted by molar-refractivity contribution is 0.0818. The summed E-state index contributed by atoms with van der Waals surface area (Å²) in [6, 6.07) is 26.6. The maximum Gasteiger partial charge on any atom is 0.472 e. The molecule has 0 aliphatic carbocycles. The molecule has 34 heavy (non-hydrogen) atoms. The van der Waals surface area contributed by atoms with Crippen molar-refractivity contribution in [3.05, 3.63) is 96.6 Å². The van der Waals surface area contributed by atoms with Gasteiger partial charge in [0.2, 0.25) is 6.79 Å². The van der Waals surface area contributed by atoms with E-state index in [0.29, 0.717) is 22.1 Å². The number of hydrogen-bond donors (Lipinski definition) is 3. The molecule has 9 nitrogen and oxygen atoms in total. The predicted molar refractivity (Wildman–Crippen MR) is 128 cm³/mol. The van der Waals surface area contributed by atoms with Crippen LogP contribution in [0.15, 0.2) is 101 Å². The minimum Gasteiger partial charge on any atom is -0.464 e. The molecule has 0 aliphatic rings. The van der Waals surface area contributed by atoms with Gasteiger partial charge in [-0.25, -0.2) is 9.09 Å². The first kappa shape index (κ1) is 23.3. The largest absolute Gasteiger partial charge is 0.472 e. The summed E-state index contributed by atoms with van der Waals surface area (Å²) in [5.74, 6) is -0.528. The lowest BCUT2D eigenvalue weighted by Crippen LogP contribution is -2.14. The van der Waals surface area contributed by atoms with E-state index in [1.54, 1.807) is 54.6 Å². The van der Waals surface area contributed by atoms with Crippen molar-refractivity contribution in [1.82, 2.24) is 0 Å². The number of phosphoric acid groups is 1. The molecule has 0 saturated carbocycles. The molecule has 0 atom stereocenters. The number of phosphoric ester groups is 1. The highest BCUT2D eigenvalue weighted by Gasteiger charge is 2.22. The summed E-state index contributed by atoms with van der Waals surface area (Å²) in [6.45, 7) is -0.803. The van der Waals surface area contributed by atoms with Crippen LogP contribution in [-0.4, -0.2) is 22.5 Å². The molecule has 0 aliphatic heterocycles. The highest BCUT2D eigenvalue weighted by molar-refractivity contribution is 7.46. The summed E-state index contributed by atoms with van der Waals surface area (Å²) in [5, 5.41) is 12.7. The molecule has 0 radical (unpaired) electrons. The Morgan fingerprint density at radius 1 is 0.882 bits per heavy atom. The van der Waals surface area contributed by atoms with Gasteiger partial charge in [-0.05, 0) is 35.7 Å². The van der Waals surface area contributed by atoms with Crippen LogP contribution >= 0.6 is 7.82 Å². The third-order valence-electron chi connectivity index (χ3n) is 4.70. The number of anilines is 1. The second-order valence-electron chi connectivity index (χ2n) is 7.06. The first-order valence-corrected chi connectivity index (χ1v) is 11.7. The van der Waals surface area contributed by atoms with Gasteiger partial charge in [-0.15, -0.1) is 5.11 Å². The van der Waals surface area contributed by atoms with E-state index in [9.17, 15) is 9.36 Å². The van der Waals surface area contributed by atoms with Crippen molar-refractivity contribution < 1.29 is 28.4 Å². The Kier molecular flexibility index (Phi) is 7.10. The van der Waals surface area contributed by atoms with Crippen LogP contribution in [0.25, 0.3) is 10.8 Å². The van der Waals surface area contributed by atoms with Crippen LogP contribution in [0.1, 0.15) is 10.4 Å². The zero-order chi connectivity index (χ0) is 24.0. The molecule has 1 amide bonds. The maximum atomic E-state index is 13.2. The molecule has 0 fully saturated rings. The number of carbonyl (C=O) groups is 1. The Bertz CT molecular complexity index is 1370. The number of amides is 1. The molecule has 0 spiro atoms. The maximum absolute atomic E-state index is 13.2. The Balaban J connectivity index is 1.83. The van der Waals surface area contributed by atoms with Gasteiger partial charge in [0.25, 0.3) is 5.91 Å². The van der Waals surface area contributed by atoms with Gasteiger partial charge < -0.3 is 19.8 Å². The number of fused-ring (bicyclic) bond motifs is 1. The predicted octanol–water partition coefficient (Wildman–Crippen LogP) is 5.95. The molecular formula is C24H20N3O6P. The molecular weight excluding hydrogens is 457 g/mol. The summed E-state index contributed by atoms with van der Waals surface area (Å²) >= 11 is 0. The zero-order valence-electron chi connectivity index (χ0n) is 17.7. The van der Waals surface area contributed by atoms with Crippen molar-refractivity contribution in [3.63, 3.8) is 0 Å². The molecule has 4 aromatic rings. The molecule has 4 aromatic carbocycles. The second-order valence-corrected chi connectivity index (χ2v) is 8.30. The third kappa shape index (κ3) is 5.92. The molecule has 4 rings (SSSR count). The van der Waals surface area contributed by atoms with Crippen LogP contribution in [0.3, 0.4) is 0 Å². The topological polar surface area (TPSA) is 130 Å². The van der Waals surface area contributed by atoms with E-state index in [0.717, 1.165) is 0 Å². The summed E-state index contributed by atoms with van der Waals surface area (Å²) < 4.78 is 21.2. The van der Waals surface area contributed by atoms with Crippen molar-refractivity contribution in [1.29, 1.82) is 0 Å².